The first kappa shape index (κ1) is 15.6. The van der Waals surface area contributed by atoms with E-state index in [1.54, 1.807) is 6.20 Å². The number of hydrogen-bond acceptors (Lipinski definition) is 3. The van der Waals surface area contributed by atoms with E-state index in [1.807, 2.05) is 62.0 Å². The number of hydrogen-bond donors (Lipinski definition) is 1. The molecule has 0 aliphatic carbocycles. The topological polar surface area (TPSA) is 41.7 Å². The number of pyridine rings is 1. The second kappa shape index (κ2) is 9.78. The monoisotopic (exact) mass is 251 g/mol. The van der Waals surface area contributed by atoms with E-state index in [1.165, 1.54) is 11.3 Å². The van der Waals surface area contributed by atoms with Crippen LogP contribution in [0.3, 0.4) is 0 Å². The van der Waals surface area contributed by atoms with Crippen molar-refractivity contribution in [1.82, 2.24) is 9.55 Å². The highest BCUT2D eigenvalue weighted by atomic mass is 32.1. The van der Waals surface area contributed by atoms with Gasteiger partial charge in [0.25, 0.3) is 0 Å². The highest BCUT2D eigenvalue weighted by Gasteiger charge is 1.95. The van der Waals surface area contributed by atoms with Crippen LogP contribution >= 0.6 is 11.3 Å². The van der Waals surface area contributed by atoms with Crippen LogP contribution in [0.15, 0.2) is 36.0 Å². The average Bonchev–Trinajstić information content (AvgIpc) is 2.81. The van der Waals surface area contributed by atoms with E-state index in [0.717, 1.165) is 5.69 Å². The summed E-state index contributed by atoms with van der Waals surface area (Å²) >= 11 is 1.43. The summed E-state index contributed by atoms with van der Waals surface area (Å²) in [6, 6.07) is 5.81. The molecule has 2 heterocycles. The molecule has 4 heteroatoms. The second-order valence-corrected chi connectivity index (χ2v) is 3.55. The molecule has 0 fully saturated rings. The van der Waals surface area contributed by atoms with Crippen LogP contribution in [0.1, 0.15) is 33.4 Å². The van der Waals surface area contributed by atoms with Crippen LogP contribution < -0.4 is 4.80 Å². The molecule has 0 aliphatic heterocycles. The Kier molecular flexibility index (Phi) is 8.96. The predicted molar refractivity (Wildman–Crippen MR) is 74.2 cm³/mol. The van der Waals surface area contributed by atoms with Gasteiger partial charge >= 0.3 is 0 Å². The zero-order chi connectivity index (χ0) is 13.1. The van der Waals surface area contributed by atoms with E-state index in [2.05, 4.69) is 4.98 Å². The molecule has 2 aromatic heterocycles. The molecule has 0 saturated carbocycles. The predicted octanol–water partition coefficient (Wildman–Crippen LogP) is 3.52. The van der Waals surface area contributed by atoms with Crippen molar-refractivity contribution in [2.24, 2.45) is 0 Å². The molecule has 17 heavy (non-hydrogen) atoms. The number of nitrogens with zero attached hydrogens (tertiary/aromatic N) is 2. The Balaban J connectivity index is 0.000000581. The summed E-state index contributed by atoms with van der Waals surface area (Å²) in [6.45, 7) is 8.68. The summed E-state index contributed by atoms with van der Waals surface area (Å²) in [7, 11) is 0. The molecule has 94 valence electrons. The van der Waals surface area contributed by atoms with Crippen molar-refractivity contribution in [2.45, 2.75) is 34.2 Å². The van der Waals surface area contributed by atoms with Crippen molar-refractivity contribution in [1.29, 1.82) is 5.41 Å². The molecule has 0 saturated heterocycles. The molecule has 0 unspecified atom stereocenters. The molecule has 0 bridgehead atoms. The van der Waals surface area contributed by atoms with Crippen LogP contribution in [0.2, 0.25) is 0 Å². The van der Waals surface area contributed by atoms with E-state index in [0.29, 0.717) is 11.3 Å². The van der Waals surface area contributed by atoms with Crippen molar-refractivity contribution >= 4 is 11.3 Å². The third-order valence-corrected chi connectivity index (χ3v) is 2.46. The molecule has 0 radical (unpaired) electrons. The van der Waals surface area contributed by atoms with Gasteiger partial charge in [-0.15, -0.1) is 11.3 Å². The molecule has 0 atom stereocenters. The van der Waals surface area contributed by atoms with Gasteiger partial charge in [-0.2, -0.15) is 0 Å². The van der Waals surface area contributed by atoms with Gasteiger partial charge in [0, 0.05) is 17.8 Å². The van der Waals surface area contributed by atoms with E-state index in [4.69, 9.17) is 5.41 Å². The van der Waals surface area contributed by atoms with E-state index in [9.17, 15) is 0 Å². The van der Waals surface area contributed by atoms with E-state index in [-0.39, 0.29) is 0 Å². The van der Waals surface area contributed by atoms with Gasteiger partial charge in [0.05, 0.1) is 12.2 Å². The highest BCUT2D eigenvalue weighted by Crippen LogP contribution is 1.97. The quantitative estimate of drug-likeness (QED) is 0.871. The molecular formula is C13H21N3S. The lowest BCUT2D eigenvalue weighted by atomic mass is 10.3. The Bertz CT molecular complexity index is 431. The maximum Gasteiger partial charge on any atom is 0.182 e. The zero-order valence-electron chi connectivity index (χ0n) is 11.0. The van der Waals surface area contributed by atoms with Crippen molar-refractivity contribution in [3.8, 4) is 0 Å². The van der Waals surface area contributed by atoms with Gasteiger partial charge in [-0.1, -0.05) is 33.8 Å². The van der Waals surface area contributed by atoms with Crippen LogP contribution in [-0.2, 0) is 6.54 Å². The standard InChI is InChI=1S/C9H9N3S.2C2H6/c10-9-12(5-6-13-9)7-8-3-1-2-4-11-8;2*1-2/h1-6,10H,7H2;2*1-2H3. The minimum absolute atomic E-state index is 0.561. The SMILES string of the molecule is CC.CC.N=c1sccn1Cc1ccccn1. The van der Waals surface area contributed by atoms with Crippen LogP contribution in [0.25, 0.3) is 0 Å². The lowest BCUT2D eigenvalue weighted by molar-refractivity contribution is 0.740. The van der Waals surface area contributed by atoms with Gasteiger partial charge < -0.3 is 4.57 Å². The Morgan fingerprint density at radius 2 is 1.94 bits per heavy atom. The Labute approximate surface area is 107 Å². The van der Waals surface area contributed by atoms with Gasteiger partial charge in [0.15, 0.2) is 4.80 Å². The van der Waals surface area contributed by atoms with E-state index < -0.39 is 0 Å². The molecule has 0 aliphatic rings. The van der Waals surface area contributed by atoms with Crippen LogP contribution in [0.4, 0.5) is 0 Å². The van der Waals surface area contributed by atoms with Crippen LogP contribution in [0.5, 0.6) is 0 Å². The van der Waals surface area contributed by atoms with Gasteiger partial charge in [0.1, 0.15) is 0 Å². The third-order valence-electron chi connectivity index (χ3n) is 1.74. The van der Waals surface area contributed by atoms with Crippen LogP contribution in [-0.4, -0.2) is 9.55 Å². The molecule has 0 amide bonds. The van der Waals surface area contributed by atoms with Crippen molar-refractivity contribution < 1.29 is 0 Å². The van der Waals surface area contributed by atoms with Gasteiger partial charge in [-0.05, 0) is 12.1 Å². The smallest absolute Gasteiger partial charge is 0.182 e. The Hall–Kier alpha value is -1.42. The highest BCUT2D eigenvalue weighted by molar-refractivity contribution is 7.06. The van der Waals surface area contributed by atoms with E-state index >= 15 is 0 Å². The zero-order valence-corrected chi connectivity index (χ0v) is 11.8. The fourth-order valence-electron chi connectivity index (χ4n) is 1.09. The molecule has 0 aromatic carbocycles. The summed E-state index contributed by atoms with van der Waals surface area (Å²) in [5.74, 6) is 0. The van der Waals surface area contributed by atoms with Gasteiger partial charge in [-0.25, -0.2) is 0 Å². The maximum absolute atomic E-state index is 7.55. The lowest BCUT2D eigenvalue weighted by Crippen LogP contribution is -2.13. The molecule has 2 rings (SSSR count). The van der Waals surface area contributed by atoms with Crippen LogP contribution in [0, 0.1) is 5.41 Å². The summed E-state index contributed by atoms with van der Waals surface area (Å²) in [5.41, 5.74) is 0.986. The minimum Gasteiger partial charge on any atom is -0.318 e. The third kappa shape index (κ3) is 5.45. The maximum atomic E-state index is 7.55. The second-order valence-electron chi connectivity index (χ2n) is 2.66. The summed E-state index contributed by atoms with van der Waals surface area (Å²) in [4.78, 5) is 4.76. The summed E-state index contributed by atoms with van der Waals surface area (Å²) < 4.78 is 1.87. The minimum atomic E-state index is 0.561. The van der Waals surface area contributed by atoms with Crippen molar-refractivity contribution in [3.05, 3.63) is 46.5 Å². The number of aromatic nitrogens is 2. The normalized spacial score (nSPS) is 8.47. The number of rotatable bonds is 2. The molecule has 3 nitrogen and oxygen atoms in total. The molecule has 0 spiro atoms. The van der Waals surface area contributed by atoms with Gasteiger partial charge in [0.2, 0.25) is 0 Å². The molecular weight excluding hydrogens is 230 g/mol. The first-order valence-electron chi connectivity index (χ1n) is 5.95. The lowest BCUT2D eigenvalue weighted by Gasteiger charge is -2.00. The molecule has 1 N–H and O–H groups in total. The fraction of sp³-hybridized carbons (Fsp3) is 0.385. The average molecular weight is 251 g/mol. The molecule has 2 aromatic rings. The Morgan fingerprint density at radius 1 is 1.24 bits per heavy atom. The van der Waals surface area contributed by atoms with Crippen molar-refractivity contribution in [2.75, 3.05) is 0 Å². The largest absolute Gasteiger partial charge is 0.318 e. The summed E-state index contributed by atoms with van der Waals surface area (Å²) in [6.07, 6.45) is 3.67. The first-order valence-corrected chi connectivity index (χ1v) is 6.82. The number of nitrogens with one attached hydrogen (secondary N) is 1. The fourth-order valence-corrected chi connectivity index (χ4v) is 1.69. The summed E-state index contributed by atoms with van der Waals surface area (Å²) in [5, 5.41) is 9.46. The van der Waals surface area contributed by atoms with Gasteiger partial charge in [-0.3, -0.25) is 10.4 Å². The number of thiazole rings is 1. The Morgan fingerprint density at radius 3 is 2.41 bits per heavy atom. The van der Waals surface area contributed by atoms with Crippen molar-refractivity contribution in [3.63, 3.8) is 0 Å². The first-order chi connectivity index (χ1) is 8.36.